The first-order valence-electron chi connectivity index (χ1n) is 6.15. The normalized spacial score (nSPS) is 35.5. The molecular weight excluding hydrogens is 212 g/mol. The SMILES string of the molecule is CC1(c2ccccc2)OC(=O)[C@@H]2CC=CC[C@H]21. The first kappa shape index (κ1) is 10.6. The molecule has 1 aliphatic heterocycles. The van der Waals surface area contributed by atoms with Gasteiger partial charge in [-0.15, -0.1) is 0 Å². The van der Waals surface area contributed by atoms with Crippen LogP contribution in [0.15, 0.2) is 42.5 Å². The summed E-state index contributed by atoms with van der Waals surface area (Å²) in [6.45, 7) is 2.05. The molecule has 1 saturated heterocycles. The van der Waals surface area contributed by atoms with Crippen LogP contribution in [0.4, 0.5) is 0 Å². The number of ether oxygens (including phenoxy) is 1. The van der Waals surface area contributed by atoms with Gasteiger partial charge < -0.3 is 4.74 Å². The Morgan fingerprint density at radius 1 is 1.18 bits per heavy atom. The Labute approximate surface area is 101 Å². The lowest BCUT2D eigenvalue weighted by atomic mass is 9.73. The molecule has 0 bridgehead atoms. The van der Waals surface area contributed by atoms with Crippen LogP contribution in [0.3, 0.4) is 0 Å². The second-order valence-electron chi connectivity index (χ2n) is 5.05. The van der Waals surface area contributed by atoms with Crippen molar-refractivity contribution in [3.8, 4) is 0 Å². The Balaban J connectivity index is 2.03. The van der Waals surface area contributed by atoms with Gasteiger partial charge in [-0.3, -0.25) is 4.79 Å². The number of rotatable bonds is 1. The molecule has 2 heteroatoms. The van der Waals surface area contributed by atoms with E-state index in [-0.39, 0.29) is 17.8 Å². The lowest BCUT2D eigenvalue weighted by Crippen LogP contribution is -2.31. The van der Waals surface area contributed by atoms with Crippen molar-refractivity contribution < 1.29 is 9.53 Å². The fraction of sp³-hybridized carbons (Fsp3) is 0.400. The first-order chi connectivity index (χ1) is 8.22. The quantitative estimate of drug-likeness (QED) is 0.545. The number of carbonyl (C=O) groups excluding carboxylic acids is 1. The lowest BCUT2D eigenvalue weighted by Gasteiger charge is -2.32. The Kier molecular flexibility index (Phi) is 2.32. The Morgan fingerprint density at radius 3 is 2.65 bits per heavy atom. The van der Waals surface area contributed by atoms with Gasteiger partial charge in [-0.05, 0) is 25.3 Å². The minimum Gasteiger partial charge on any atom is -0.454 e. The van der Waals surface area contributed by atoms with Gasteiger partial charge in [-0.1, -0.05) is 42.5 Å². The van der Waals surface area contributed by atoms with Crippen LogP contribution in [0, 0.1) is 11.8 Å². The summed E-state index contributed by atoms with van der Waals surface area (Å²) in [5.41, 5.74) is 0.657. The van der Waals surface area contributed by atoms with Crippen molar-refractivity contribution in [2.75, 3.05) is 0 Å². The minimum absolute atomic E-state index is 0.0364. The zero-order chi connectivity index (χ0) is 11.9. The maximum atomic E-state index is 11.9. The van der Waals surface area contributed by atoms with Gasteiger partial charge in [0, 0.05) is 5.92 Å². The second-order valence-corrected chi connectivity index (χ2v) is 5.05. The van der Waals surface area contributed by atoms with E-state index in [1.54, 1.807) is 0 Å². The number of esters is 1. The fourth-order valence-corrected chi connectivity index (χ4v) is 3.09. The van der Waals surface area contributed by atoms with Crippen LogP contribution in [0.2, 0.25) is 0 Å². The number of fused-ring (bicyclic) bond motifs is 1. The maximum Gasteiger partial charge on any atom is 0.310 e. The summed E-state index contributed by atoms with van der Waals surface area (Å²) in [4.78, 5) is 11.9. The predicted octanol–water partition coefficient (Wildman–Crippen LogP) is 3.04. The first-order valence-corrected chi connectivity index (χ1v) is 6.15. The third-order valence-corrected chi connectivity index (χ3v) is 4.10. The fourth-order valence-electron chi connectivity index (χ4n) is 3.09. The highest BCUT2D eigenvalue weighted by Gasteiger charge is 2.53. The molecule has 0 aromatic heterocycles. The summed E-state index contributed by atoms with van der Waals surface area (Å²) >= 11 is 0. The monoisotopic (exact) mass is 228 g/mol. The predicted molar refractivity (Wildman–Crippen MR) is 65.2 cm³/mol. The standard InChI is InChI=1S/C15H16O2/c1-15(11-7-3-2-4-8-11)13-10-6-5-9-12(13)14(16)17-15/h2-8,12-13H,9-10H2,1H3/t12-,13-,15?/m1/s1. The van der Waals surface area contributed by atoms with Gasteiger partial charge in [0.1, 0.15) is 5.60 Å². The minimum atomic E-state index is -0.451. The molecule has 0 amide bonds. The molecule has 1 unspecified atom stereocenters. The van der Waals surface area contributed by atoms with Crippen molar-refractivity contribution in [1.82, 2.24) is 0 Å². The molecule has 0 N–H and O–H groups in total. The van der Waals surface area contributed by atoms with E-state index >= 15 is 0 Å². The van der Waals surface area contributed by atoms with Gasteiger partial charge in [0.2, 0.25) is 0 Å². The summed E-state index contributed by atoms with van der Waals surface area (Å²) in [6.07, 6.45) is 6.03. The summed E-state index contributed by atoms with van der Waals surface area (Å²) in [6, 6.07) is 10.1. The summed E-state index contributed by atoms with van der Waals surface area (Å²) in [5, 5.41) is 0. The maximum absolute atomic E-state index is 11.9. The number of cyclic esters (lactones) is 1. The number of allylic oxidation sites excluding steroid dienone is 2. The Hall–Kier alpha value is -1.57. The molecule has 2 aliphatic rings. The molecule has 3 atom stereocenters. The number of carbonyl (C=O) groups is 1. The van der Waals surface area contributed by atoms with Crippen LogP contribution >= 0.6 is 0 Å². The number of hydrogen-bond acceptors (Lipinski definition) is 2. The Morgan fingerprint density at radius 2 is 1.88 bits per heavy atom. The topological polar surface area (TPSA) is 26.3 Å². The molecule has 1 aliphatic carbocycles. The molecule has 0 saturated carbocycles. The van der Waals surface area contributed by atoms with Crippen LogP contribution < -0.4 is 0 Å². The summed E-state index contributed by atoms with van der Waals surface area (Å²) < 4.78 is 5.70. The average Bonchev–Trinajstić information content (AvgIpc) is 2.65. The van der Waals surface area contributed by atoms with Crippen molar-refractivity contribution in [3.05, 3.63) is 48.0 Å². The van der Waals surface area contributed by atoms with Crippen LogP contribution in [0.25, 0.3) is 0 Å². The van der Waals surface area contributed by atoms with Crippen molar-refractivity contribution >= 4 is 5.97 Å². The van der Waals surface area contributed by atoms with E-state index in [1.807, 2.05) is 37.3 Å². The highest BCUT2D eigenvalue weighted by molar-refractivity contribution is 5.77. The van der Waals surface area contributed by atoms with E-state index in [1.165, 1.54) is 0 Å². The largest absolute Gasteiger partial charge is 0.454 e. The van der Waals surface area contributed by atoms with Crippen molar-refractivity contribution in [2.45, 2.75) is 25.4 Å². The molecular formula is C15H16O2. The molecule has 2 nitrogen and oxygen atoms in total. The van der Waals surface area contributed by atoms with Crippen molar-refractivity contribution in [3.63, 3.8) is 0 Å². The zero-order valence-corrected chi connectivity index (χ0v) is 9.93. The van der Waals surface area contributed by atoms with Crippen LogP contribution in [0.1, 0.15) is 25.3 Å². The van der Waals surface area contributed by atoms with E-state index in [0.717, 1.165) is 18.4 Å². The molecule has 1 aromatic rings. The third kappa shape index (κ3) is 1.51. The van der Waals surface area contributed by atoms with Gasteiger partial charge in [0.05, 0.1) is 5.92 Å². The van der Waals surface area contributed by atoms with Gasteiger partial charge in [0.15, 0.2) is 0 Å². The number of benzene rings is 1. The van der Waals surface area contributed by atoms with Crippen LogP contribution in [-0.2, 0) is 15.1 Å². The highest BCUT2D eigenvalue weighted by atomic mass is 16.6. The molecule has 1 aromatic carbocycles. The highest BCUT2D eigenvalue weighted by Crippen LogP contribution is 2.49. The molecule has 3 rings (SSSR count). The second kappa shape index (κ2) is 3.73. The van der Waals surface area contributed by atoms with Gasteiger partial charge in [-0.2, -0.15) is 0 Å². The van der Waals surface area contributed by atoms with Crippen molar-refractivity contribution in [1.29, 1.82) is 0 Å². The van der Waals surface area contributed by atoms with Gasteiger partial charge in [0.25, 0.3) is 0 Å². The molecule has 17 heavy (non-hydrogen) atoms. The molecule has 88 valence electrons. The third-order valence-electron chi connectivity index (χ3n) is 4.10. The Bertz CT molecular complexity index is 463. The zero-order valence-electron chi connectivity index (χ0n) is 9.93. The molecule has 0 radical (unpaired) electrons. The molecule has 1 heterocycles. The average molecular weight is 228 g/mol. The molecule has 1 fully saturated rings. The van der Waals surface area contributed by atoms with E-state index in [9.17, 15) is 4.79 Å². The van der Waals surface area contributed by atoms with Crippen molar-refractivity contribution in [2.24, 2.45) is 11.8 Å². The van der Waals surface area contributed by atoms with Crippen LogP contribution in [-0.4, -0.2) is 5.97 Å². The molecule has 0 spiro atoms. The summed E-state index contributed by atoms with van der Waals surface area (Å²) in [7, 11) is 0. The van der Waals surface area contributed by atoms with Gasteiger partial charge >= 0.3 is 5.97 Å². The van der Waals surface area contributed by atoms with Crippen LogP contribution in [0.5, 0.6) is 0 Å². The van der Waals surface area contributed by atoms with E-state index in [4.69, 9.17) is 4.74 Å². The van der Waals surface area contributed by atoms with E-state index < -0.39 is 5.60 Å². The van der Waals surface area contributed by atoms with E-state index in [0.29, 0.717) is 0 Å². The van der Waals surface area contributed by atoms with Gasteiger partial charge in [-0.25, -0.2) is 0 Å². The smallest absolute Gasteiger partial charge is 0.310 e. The lowest BCUT2D eigenvalue weighted by molar-refractivity contribution is -0.150. The summed E-state index contributed by atoms with van der Waals surface area (Å²) in [5.74, 6) is 0.290. The number of hydrogen-bond donors (Lipinski definition) is 0. The van der Waals surface area contributed by atoms with E-state index in [2.05, 4.69) is 12.2 Å².